The number of thiophene rings is 1. The van der Waals surface area contributed by atoms with Crippen molar-refractivity contribution in [3.63, 3.8) is 0 Å². The van der Waals surface area contributed by atoms with Gasteiger partial charge in [0.1, 0.15) is 17.2 Å². The molecule has 0 spiro atoms. The quantitative estimate of drug-likeness (QED) is 0.713. The summed E-state index contributed by atoms with van der Waals surface area (Å²) >= 11 is 10.9. The molecule has 3 nitrogen and oxygen atoms in total. The third kappa shape index (κ3) is 1.74. The van der Waals surface area contributed by atoms with E-state index in [4.69, 9.17) is 17.3 Å². The van der Waals surface area contributed by atoms with Crippen molar-refractivity contribution in [3.8, 4) is 10.6 Å². The van der Waals surface area contributed by atoms with Gasteiger partial charge in [-0.3, -0.25) is 4.40 Å². The molecule has 3 rings (SSSR count). The number of hydrogen-bond acceptors (Lipinski definition) is 3. The summed E-state index contributed by atoms with van der Waals surface area (Å²) in [6.07, 6.45) is 0. The third-order valence-corrected chi connectivity index (χ3v) is 4.88. The molecule has 92 valence electrons. The van der Waals surface area contributed by atoms with Gasteiger partial charge in [0.2, 0.25) is 0 Å². The number of anilines is 1. The number of nitrogens with two attached hydrogens (primary N) is 1. The zero-order valence-electron chi connectivity index (χ0n) is 9.45. The minimum absolute atomic E-state index is 0.641. The zero-order valence-corrected chi connectivity index (χ0v) is 12.6. The lowest BCUT2D eigenvalue weighted by Crippen LogP contribution is -1.98. The minimum atomic E-state index is 0.641. The number of halogens is 2. The predicted molar refractivity (Wildman–Crippen MR) is 80.4 cm³/mol. The van der Waals surface area contributed by atoms with Crippen molar-refractivity contribution in [2.75, 3.05) is 5.73 Å². The number of imidazole rings is 1. The molecule has 18 heavy (non-hydrogen) atoms. The molecule has 3 aromatic rings. The van der Waals surface area contributed by atoms with Crippen LogP contribution in [0.1, 0.15) is 5.69 Å². The van der Waals surface area contributed by atoms with Crippen LogP contribution in [0.5, 0.6) is 0 Å². The average Bonchev–Trinajstić information content (AvgIpc) is 2.89. The fraction of sp³-hybridized carbons (Fsp3) is 0.0833. The van der Waals surface area contributed by atoms with Gasteiger partial charge in [-0.2, -0.15) is 0 Å². The van der Waals surface area contributed by atoms with Crippen LogP contribution in [0.2, 0.25) is 4.34 Å². The van der Waals surface area contributed by atoms with Gasteiger partial charge in [0.05, 0.1) is 9.21 Å². The third-order valence-electron chi connectivity index (χ3n) is 2.81. The molecular formula is C12H9BrClN3S. The minimum Gasteiger partial charge on any atom is -0.383 e. The van der Waals surface area contributed by atoms with E-state index in [9.17, 15) is 0 Å². The van der Waals surface area contributed by atoms with Crippen molar-refractivity contribution in [2.24, 2.45) is 0 Å². The largest absolute Gasteiger partial charge is 0.383 e. The molecule has 0 radical (unpaired) electrons. The maximum absolute atomic E-state index is 6.19. The van der Waals surface area contributed by atoms with Crippen LogP contribution >= 0.6 is 38.9 Å². The van der Waals surface area contributed by atoms with Gasteiger partial charge in [0, 0.05) is 10.2 Å². The Balaban J connectivity index is 2.33. The number of nitrogens with zero attached hydrogens (tertiary/aromatic N) is 2. The molecule has 0 aliphatic rings. The molecule has 2 N–H and O–H groups in total. The highest BCUT2D eigenvalue weighted by atomic mass is 79.9. The first kappa shape index (κ1) is 12.0. The van der Waals surface area contributed by atoms with E-state index in [0.29, 0.717) is 5.82 Å². The lowest BCUT2D eigenvalue weighted by atomic mass is 10.3. The normalized spacial score (nSPS) is 11.3. The summed E-state index contributed by atoms with van der Waals surface area (Å²) in [4.78, 5) is 5.55. The molecule has 3 aromatic heterocycles. The Morgan fingerprint density at radius 2 is 2.11 bits per heavy atom. The summed E-state index contributed by atoms with van der Waals surface area (Å²) in [5, 5.41) is 0. The molecule has 0 bridgehead atoms. The first-order chi connectivity index (χ1) is 8.58. The summed E-state index contributed by atoms with van der Waals surface area (Å²) in [5.74, 6) is 0.641. The van der Waals surface area contributed by atoms with E-state index in [1.54, 1.807) is 0 Å². The van der Waals surface area contributed by atoms with E-state index in [1.807, 2.05) is 35.6 Å². The van der Waals surface area contributed by atoms with Gasteiger partial charge in [-0.05, 0) is 47.1 Å². The Bertz CT molecular complexity index is 747. The molecule has 0 saturated carbocycles. The Kier molecular flexibility index (Phi) is 2.84. The average molecular weight is 343 g/mol. The summed E-state index contributed by atoms with van der Waals surface area (Å²) in [6, 6.07) is 7.71. The fourth-order valence-electron chi connectivity index (χ4n) is 1.91. The first-order valence-corrected chi connectivity index (χ1v) is 7.25. The maximum Gasteiger partial charge on any atom is 0.139 e. The summed E-state index contributed by atoms with van der Waals surface area (Å²) in [7, 11) is 0. The SMILES string of the molecule is Cc1c(Br)ccc2nc(-c3ccc(Cl)s3)c(N)n12. The van der Waals surface area contributed by atoms with Gasteiger partial charge < -0.3 is 5.73 Å². The van der Waals surface area contributed by atoms with E-state index in [-0.39, 0.29) is 0 Å². The van der Waals surface area contributed by atoms with Gasteiger partial charge in [-0.25, -0.2) is 4.98 Å². The standard InChI is InChI=1S/C12H9BrClN3S/c1-6-7(13)2-5-10-16-11(12(15)17(6)10)8-3-4-9(14)18-8/h2-5H,15H2,1H3. The number of hydrogen-bond donors (Lipinski definition) is 1. The monoisotopic (exact) mass is 341 g/mol. The van der Waals surface area contributed by atoms with E-state index >= 15 is 0 Å². The molecule has 6 heteroatoms. The fourth-order valence-corrected chi connectivity index (χ4v) is 3.26. The molecule has 0 saturated heterocycles. The second-order valence-electron chi connectivity index (χ2n) is 3.91. The van der Waals surface area contributed by atoms with Crippen molar-refractivity contribution in [3.05, 3.63) is 38.8 Å². The number of fused-ring (bicyclic) bond motifs is 1. The van der Waals surface area contributed by atoms with Gasteiger partial charge in [-0.15, -0.1) is 11.3 Å². The molecule has 0 aromatic carbocycles. The molecule has 0 fully saturated rings. The lowest BCUT2D eigenvalue weighted by Gasteiger charge is -2.03. The number of aromatic nitrogens is 2. The van der Waals surface area contributed by atoms with Crippen molar-refractivity contribution < 1.29 is 0 Å². The summed E-state index contributed by atoms with van der Waals surface area (Å²) in [5.41, 5.74) is 8.85. The van der Waals surface area contributed by atoms with Crippen molar-refractivity contribution in [1.29, 1.82) is 0 Å². The molecule has 0 unspecified atom stereocenters. The number of pyridine rings is 1. The predicted octanol–water partition coefficient (Wildman–Crippen LogP) is 4.37. The van der Waals surface area contributed by atoms with Crippen LogP contribution in [-0.4, -0.2) is 9.38 Å². The van der Waals surface area contributed by atoms with Gasteiger partial charge in [0.15, 0.2) is 0 Å². The Morgan fingerprint density at radius 1 is 1.33 bits per heavy atom. The summed E-state index contributed by atoms with van der Waals surface area (Å²) < 4.78 is 3.68. The summed E-state index contributed by atoms with van der Waals surface area (Å²) in [6.45, 7) is 2.00. The van der Waals surface area contributed by atoms with Gasteiger partial charge >= 0.3 is 0 Å². The molecular weight excluding hydrogens is 334 g/mol. The van der Waals surface area contributed by atoms with Crippen LogP contribution in [0.3, 0.4) is 0 Å². The van der Waals surface area contributed by atoms with Gasteiger partial charge in [0.25, 0.3) is 0 Å². The van der Waals surface area contributed by atoms with E-state index in [2.05, 4.69) is 20.9 Å². The van der Waals surface area contributed by atoms with Crippen molar-refractivity contribution in [2.45, 2.75) is 6.92 Å². The van der Waals surface area contributed by atoms with E-state index < -0.39 is 0 Å². The second-order valence-corrected chi connectivity index (χ2v) is 6.48. The number of aryl methyl sites for hydroxylation is 1. The highest BCUT2D eigenvalue weighted by molar-refractivity contribution is 9.10. The molecule has 0 aliphatic heterocycles. The first-order valence-electron chi connectivity index (χ1n) is 5.26. The van der Waals surface area contributed by atoms with Gasteiger partial charge in [-0.1, -0.05) is 11.6 Å². The van der Waals surface area contributed by atoms with Crippen LogP contribution in [0, 0.1) is 6.92 Å². The van der Waals surface area contributed by atoms with Crippen LogP contribution < -0.4 is 5.73 Å². The molecule has 3 heterocycles. The highest BCUT2D eigenvalue weighted by Gasteiger charge is 2.15. The topological polar surface area (TPSA) is 43.3 Å². The van der Waals surface area contributed by atoms with Crippen LogP contribution in [0.4, 0.5) is 5.82 Å². The molecule has 0 aliphatic carbocycles. The van der Waals surface area contributed by atoms with Crippen molar-refractivity contribution >= 4 is 50.3 Å². The van der Waals surface area contributed by atoms with Crippen molar-refractivity contribution in [1.82, 2.24) is 9.38 Å². The highest BCUT2D eigenvalue weighted by Crippen LogP contribution is 2.35. The Morgan fingerprint density at radius 3 is 2.78 bits per heavy atom. The second kappa shape index (κ2) is 4.26. The lowest BCUT2D eigenvalue weighted by molar-refractivity contribution is 1.09. The zero-order chi connectivity index (χ0) is 12.9. The Hall–Kier alpha value is -1.04. The molecule has 0 atom stereocenters. The van der Waals surface area contributed by atoms with E-state index in [0.717, 1.165) is 30.7 Å². The Labute approximate surface area is 121 Å². The smallest absolute Gasteiger partial charge is 0.139 e. The van der Waals surface area contributed by atoms with Crippen LogP contribution in [-0.2, 0) is 0 Å². The molecule has 0 amide bonds. The van der Waals surface area contributed by atoms with Crippen LogP contribution in [0.25, 0.3) is 16.2 Å². The number of rotatable bonds is 1. The van der Waals surface area contributed by atoms with E-state index in [1.165, 1.54) is 11.3 Å². The number of nitrogen functional groups attached to an aromatic ring is 1. The maximum atomic E-state index is 6.19. The van der Waals surface area contributed by atoms with Crippen LogP contribution in [0.15, 0.2) is 28.7 Å².